The first kappa shape index (κ1) is 15.9. The Morgan fingerprint density at radius 2 is 1.81 bits per heavy atom. The summed E-state index contributed by atoms with van der Waals surface area (Å²) in [6, 6.07) is 11.7. The lowest BCUT2D eigenvalue weighted by atomic mass is 10.1. The molecule has 1 atom stereocenters. The number of nitrogens with zero attached hydrogens (tertiary/aromatic N) is 2. The number of hydrogen-bond donors (Lipinski definition) is 2. The maximum Gasteiger partial charge on any atom is 0.282 e. The standard InChI is InChI=1S/C15H21N3O2S/c1-4-9-17(21(19)20)18(2,3)15-8-6-12-10-14(16)7-5-13(12)11-15/h5-8,10-11H,4,9,16H2,1-3H3/p+1. The molecule has 0 fully saturated rings. The molecule has 6 heteroatoms. The molecule has 21 heavy (non-hydrogen) atoms. The molecule has 0 heterocycles. The summed E-state index contributed by atoms with van der Waals surface area (Å²) in [7, 11) is 3.81. The summed E-state index contributed by atoms with van der Waals surface area (Å²) in [6.45, 7) is 2.53. The highest BCUT2D eigenvalue weighted by molar-refractivity contribution is 7.76. The van der Waals surface area contributed by atoms with E-state index >= 15 is 0 Å². The van der Waals surface area contributed by atoms with Gasteiger partial charge in [0.05, 0.1) is 20.6 Å². The van der Waals surface area contributed by atoms with Crippen LogP contribution in [0, 0.1) is 0 Å². The minimum Gasteiger partial charge on any atom is -0.399 e. The van der Waals surface area contributed by atoms with Crippen LogP contribution in [0.2, 0.25) is 0 Å². The fraction of sp³-hybridized carbons (Fsp3) is 0.333. The van der Waals surface area contributed by atoms with Gasteiger partial charge in [0.25, 0.3) is 11.3 Å². The van der Waals surface area contributed by atoms with Gasteiger partial charge in [-0.2, -0.15) is 0 Å². The van der Waals surface area contributed by atoms with Gasteiger partial charge in [-0.15, -0.1) is 0 Å². The number of quaternary nitrogens is 1. The lowest BCUT2D eigenvalue weighted by Crippen LogP contribution is -2.56. The smallest absolute Gasteiger partial charge is 0.282 e. The molecule has 2 aromatic rings. The van der Waals surface area contributed by atoms with Crippen LogP contribution in [0.3, 0.4) is 0 Å². The van der Waals surface area contributed by atoms with E-state index in [1.54, 1.807) is 4.41 Å². The second kappa shape index (κ2) is 6.11. The fourth-order valence-corrected chi connectivity index (χ4v) is 3.20. The highest BCUT2D eigenvalue weighted by Gasteiger charge is 2.32. The Bertz CT molecular complexity index is 673. The lowest BCUT2D eigenvalue weighted by Gasteiger charge is -2.36. The summed E-state index contributed by atoms with van der Waals surface area (Å²) in [4.78, 5) is 0. The minimum absolute atomic E-state index is 0.220. The summed E-state index contributed by atoms with van der Waals surface area (Å²) in [6.07, 6.45) is 0.804. The predicted molar refractivity (Wildman–Crippen MR) is 89.8 cm³/mol. The monoisotopic (exact) mass is 308 g/mol. The number of rotatable bonds is 5. The average Bonchev–Trinajstić information content (AvgIpc) is 2.43. The molecular weight excluding hydrogens is 286 g/mol. The molecule has 0 aromatic heterocycles. The molecule has 3 N–H and O–H groups in total. The first-order valence-corrected chi connectivity index (χ1v) is 7.95. The highest BCUT2D eigenvalue weighted by atomic mass is 32.2. The maximum absolute atomic E-state index is 11.6. The van der Waals surface area contributed by atoms with Gasteiger partial charge in [0.2, 0.25) is 0 Å². The van der Waals surface area contributed by atoms with Gasteiger partial charge in [0.15, 0.2) is 5.69 Å². The Balaban J connectivity index is 2.47. The molecule has 0 amide bonds. The Morgan fingerprint density at radius 3 is 2.43 bits per heavy atom. The van der Waals surface area contributed by atoms with Crippen LogP contribution in [0.4, 0.5) is 11.4 Å². The largest absolute Gasteiger partial charge is 0.399 e. The number of fused-ring (bicyclic) bond motifs is 1. The Kier molecular flexibility index (Phi) is 4.63. The van der Waals surface area contributed by atoms with Crippen molar-refractivity contribution in [1.29, 1.82) is 0 Å². The molecule has 0 spiro atoms. The molecule has 0 aliphatic carbocycles. The van der Waals surface area contributed by atoms with Crippen LogP contribution in [0.15, 0.2) is 36.4 Å². The highest BCUT2D eigenvalue weighted by Crippen LogP contribution is 2.28. The third-order valence-electron chi connectivity index (χ3n) is 3.63. The molecule has 0 saturated carbocycles. The third-order valence-corrected chi connectivity index (χ3v) is 4.58. The molecule has 5 nitrogen and oxygen atoms in total. The molecule has 0 saturated heterocycles. The van der Waals surface area contributed by atoms with Crippen molar-refractivity contribution in [2.24, 2.45) is 0 Å². The molecular formula is C15H22N3O2S+. The minimum atomic E-state index is -2.02. The van der Waals surface area contributed by atoms with Crippen molar-refractivity contribution in [3.05, 3.63) is 36.4 Å². The van der Waals surface area contributed by atoms with Crippen molar-refractivity contribution < 1.29 is 8.76 Å². The number of nitrogens with two attached hydrogens (primary N) is 1. The summed E-state index contributed by atoms with van der Waals surface area (Å²) in [5.74, 6) is 0. The number of anilines is 1. The van der Waals surface area contributed by atoms with E-state index in [2.05, 4.69) is 0 Å². The van der Waals surface area contributed by atoms with Gasteiger partial charge in [0, 0.05) is 17.8 Å². The van der Waals surface area contributed by atoms with Gasteiger partial charge >= 0.3 is 0 Å². The zero-order valence-corrected chi connectivity index (χ0v) is 13.4. The van der Waals surface area contributed by atoms with Crippen molar-refractivity contribution >= 4 is 33.4 Å². The van der Waals surface area contributed by atoms with Crippen molar-refractivity contribution in [1.82, 2.24) is 9.01 Å². The first-order valence-electron chi connectivity index (χ1n) is 6.89. The third kappa shape index (κ3) is 3.24. The summed E-state index contributed by atoms with van der Waals surface area (Å²) < 4.78 is 22.9. The van der Waals surface area contributed by atoms with Crippen molar-refractivity contribution in [3.63, 3.8) is 0 Å². The normalized spacial score (nSPS) is 13.8. The van der Waals surface area contributed by atoms with Crippen LogP contribution in [0.25, 0.3) is 10.8 Å². The zero-order chi connectivity index (χ0) is 15.6. The molecule has 1 unspecified atom stereocenters. The van der Waals surface area contributed by atoms with Crippen molar-refractivity contribution in [2.45, 2.75) is 13.3 Å². The van der Waals surface area contributed by atoms with Crippen LogP contribution in [-0.2, 0) is 11.3 Å². The molecule has 0 bridgehead atoms. The summed E-state index contributed by atoms with van der Waals surface area (Å²) >= 11 is -2.02. The second-order valence-electron chi connectivity index (χ2n) is 5.49. The molecule has 114 valence electrons. The van der Waals surface area contributed by atoms with Crippen LogP contribution in [0.1, 0.15) is 13.3 Å². The topological polar surface area (TPSA) is 66.6 Å². The average molecular weight is 308 g/mol. The molecule has 2 aromatic carbocycles. The van der Waals surface area contributed by atoms with Gasteiger partial charge in [-0.1, -0.05) is 13.0 Å². The molecule has 0 radical (unpaired) electrons. The second-order valence-corrected chi connectivity index (χ2v) is 6.37. The maximum atomic E-state index is 11.6. The van der Waals surface area contributed by atoms with E-state index in [0.717, 1.165) is 28.6 Å². The zero-order valence-electron chi connectivity index (χ0n) is 12.6. The number of hydrogen-bond acceptors (Lipinski definition) is 2. The summed E-state index contributed by atoms with van der Waals surface area (Å²) in [5, 5.41) is 2.12. The molecule has 0 aliphatic heterocycles. The van der Waals surface area contributed by atoms with E-state index in [-0.39, 0.29) is 4.59 Å². The van der Waals surface area contributed by atoms with Crippen LogP contribution < -0.4 is 10.3 Å². The quantitative estimate of drug-likeness (QED) is 0.386. The lowest BCUT2D eigenvalue weighted by molar-refractivity contribution is 0.128. The van der Waals surface area contributed by atoms with Gasteiger partial charge in [-0.25, -0.2) is 8.80 Å². The Morgan fingerprint density at radius 1 is 1.19 bits per heavy atom. The first-order chi connectivity index (χ1) is 9.86. The molecule has 2 rings (SSSR count). The number of nitrogen functional groups attached to an aromatic ring is 1. The van der Waals surface area contributed by atoms with Crippen LogP contribution >= 0.6 is 0 Å². The van der Waals surface area contributed by atoms with E-state index in [4.69, 9.17) is 5.73 Å². The summed E-state index contributed by atoms with van der Waals surface area (Å²) in [5.41, 5.74) is 7.47. The van der Waals surface area contributed by atoms with Crippen LogP contribution in [0.5, 0.6) is 0 Å². The van der Waals surface area contributed by atoms with Gasteiger partial charge < -0.3 is 5.73 Å². The SMILES string of the molecule is CCCN(S(=O)O)[N+](C)(C)c1ccc2cc(N)ccc2c1. The van der Waals surface area contributed by atoms with E-state index in [1.807, 2.05) is 57.4 Å². The Hall–Kier alpha value is -1.47. The van der Waals surface area contributed by atoms with Crippen LogP contribution in [-0.4, -0.2) is 33.8 Å². The van der Waals surface area contributed by atoms with E-state index in [9.17, 15) is 8.76 Å². The van der Waals surface area contributed by atoms with Crippen molar-refractivity contribution in [3.8, 4) is 0 Å². The van der Waals surface area contributed by atoms with Crippen molar-refractivity contribution in [2.75, 3.05) is 26.4 Å². The van der Waals surface area contributed by atoms with Gasteiger partial charge in [0.1, 0.15) is 0 Å². The molecule has 0 aliphatic rings. The Labute approximate surface area is 127 Å². The predicted octanol–water partition coefficient (Wildman–Crippen LogP) is 2.75. The van der Waals surface area contributed by atoms with E-state index in [1.165, 1.54) is 0 Å². The van der Waals surface area contributed by atoms with Gasteiger partial charge in [-0.3, -0.25) is 4.55 Å². The van der Waals surface area contributed by atoms with Gasteiger partial charge in [-0.05, 0) is 39.8 Å². The van der Waals surface area contributed by atoms with E-state index in [0.29, 0.717) is 6.54 Å². The fourth-order valence-electron chi connectivity index (χ4n) is 2.41. The number of benzene rings is 2. The van der Waals surface area contributed by atoms with E-state index < -0.39 is 11.3 Å².